The number of likely N-dealkylation sites (tertiary alicyclic amines) is 1. The summed E-state index contributed by atoms with van der Waals surface area (Å²) in [5.41, 5.74) is 1.98. The molecule has 3 amide bonds. The standard InChI is InChI=1S/C31H31ClFN3O6/c1-40-28-14-19-4-10-27(28)41-18-30(38)35-25-17-36(31(39)23-9-6-21(33)15-24(23)32)13-12-26(25)42-22-7-2-20(3-8-22)16-34-29(37)11-5-19/h2-4,6-10,14-15,25-26H,5,11-13,16-18H2,1H3,(H,34,37)(H,35,38)/t25-,26-/m1/s1. The molecule has 3 aromatic carbocycles. The SMILES string of the molecule is COc1cc2ccc1OCC(=O)N[C@@H]1CN(C(=O)c3ccc(F)cc3Cl)CC[C@H]1Oc1ccc(cc1)CNC(=O)CC2. The number of carbonyl (C=O) groups excluding carboxylic acids is 3. The van der Waals surface area contributed by atoms with Gasteiger partial charge >= 0.3 is 0 Å². The van der Waals surface area contributed by atoms with E-state index in [0.29, 0.717) is 49.6 Å². The lowest BCUT2D eigenvalue weighted by molar-refractivity contribution is -0.125. The molecule has 3 aromatic rings. The van der Waals surface area contributed by atoms with Gasteiger partial charge in [0.05, 0.1) is 23.7 Å². The van der Waals surface area contributed by atoms with Gasteiger partial charge in [0, 0.05) is 32.5 Å². The van der Waals surface area contributed by atoms with Gasteiger partial charge in [-0.15, -0.1) is 0 Å². The quantitative estimate of drug-likeness (QED) is 0.465. The summed E-state index contributed by atoms with van der Waals surface area (Å²) in [6.45, 7) is 0.562. The van der Waals surface area contributed by atoms with Crippen LogP contribution in [0.4, 0.5) is 4.39 Å². The maximum absolute atomic E-state index is 13.6. The van der Waals surface area contributed by atoms with Crippen molar-refractivity contribution in [2.75, 3.05) is 26.8 Å². The van der Waals surface area contributed by atoms with E-state index in [1.54, 1.807) is 17.0 Å². The molecule has 0 unspecified atom stereocenters. The molecule has 220 valence electrons. The van der Waals surface area contributed by atoms with Gasteiger partial charge in [-0.2, -0.15) is 0 Å². The van der Waals surface area contributed by atoms with Crippen LogP contribution in [0.3, 0.4) is 0 Å². The largest absolute Gasteiger partial charge is 0.493 e. The van der Waals surface area contributed by atoms with E-state index < -0.39 is 23.9 Å². The molecule has 0 aliphatic carbocycles. The number of aryl methyl sites for hydroxylation is 1. The van der Waals surface area contributed by atoms with E-state index >= 15 is 0 Å². The molecule has 0 spiro atoms. The normalized spacial score (nSPS) is 19.5. The Morgan fingerprint density at radius 2 is 1.81 bits per heavy atom. The molecule has 4 bridgehead atoms. The molecule has 2 N–H and O–H groups in total. The number of ether oxygens (including phenoxy) is 3. The third kappa shape index (κ3) is 7.12. The lowest BCUT2D eigenvalue weighted by Crippen LogP contribution is -2.58. The molecule has 1 fully saturated rings. The summed E-state index contributed by atoms with van der Waals surface area (Å²) in [6.07, 6.45) is 0.787. The minimum Gasteiger partial charge on any atom is -0.493 e. The number of carbonyl (C=O) groups is 3. The van der Waals surface area contributed by atoms with Crippen molar-refractivity contribution < 1.29 is 33.0 Å². The first kappa shape index (κ1) is 29.2. The van der Waals surface area contributed by atoms with Crippen LogP contribution in [0, 0.1) is 5.82 Å². The summed E-state index contributed by atoms with van der Waals surface area (Å²) in [5, 5.41) is 5.91. The van der Waals surface area contributed by atoms with Gasteiger partial charge in [0.1, 0.15) is 17.7 Å². The number of piperidine rings is 1. The van der Waals surface area contributed by atoms with Crippen LogP contribution in [0.1, 0.15) is 34.3 Å². The van der Waals surface area contributed by atoms with Gasteiger partial charge in [0.25, 0.3) is 11.8 Å². The van der Waals surface area contributed by atoms with Gasteiger partial charge in [0.2, 0.25) is 5.91 Å². The zero-order valence-electron chi connectivity index (χ0n) is 23.0. The molecule has 5 heterocycles. The number of methoxy groups -OCH3 is 1. The maximum Gasteiger partial charge on any atom is 0.258 e. The van der Waals surface area contributed by atoms with Crippen molar-refractivity contribution in [3.8, 4) is 17.2 Å². The third-order valence-corrected chi connectivity index (χ3v) is 7.59. The number of hydrogen-bond donors (Lipinski definition) is 2. The van der Waals surface area contributed by atoms with Crippen molar-refractivity contribution in [3.05, 3.63) is 88.2 Å². The van der Waals surface area contributed by atoms with E-state index in [0.717, 1.165) is 17.2 Å². The van der Waals surface area contributed by atoms with E-state index in [1.165, 1.54) is 19.2 Å². The summed E-state index contributed by atoms with van der Waals surface area (Å²) < 4.78 is 31.1. The monoisotopic (exact) mass is 595 g/mol. The van der Waals surface area contributed by atoms with Gasteiger partial charge in [-0.05, 0) is 60.0 Å². The summed E-state index contributed by atoms with van der Waals surface area (Å²) in [6, 6.07) is 15.7. The average molecular weight is 596 g/mol. The first-order valence-corrected chi connectivity index (χ1v) is 14.0. The van der Waals surface area contributed by atoms with Crippen LogP contribution in [0.15, 0.2) is 60.7 Å². The Kier molecular flexibility index (Phi) is 9.12. The van der Waals surface area contributed by atoms with Gasteiger partial charge in [-0.3, -0.25) is 14.4 Å². The summed E-state index contributed by atoms with van der Waals surface area (Å²) in [7, 11) is 1.51. The predicted molar refractivity (Wildman–Crippen MR) is 153 cm³/mol. The molecular formula is C31H31ClFN3O6. The Labute approximate surface area is 247 Å². The Morgan fingerprint density at radius 3 is 2.57 bits per heavy atom. The van der Waals surface area contributed by atoms with Gasteiger partial charge in [0.15, 0.2) is 18.1 Å². The molecule has 42 heavy (non-hydrogen) atoms. The maximum atomic E-state index is 13.6. The van der Waals surface area contributed by atoms with E-state index in [1.807, 2.05) is 30.3 Å². The molecule has 0 saturated carbocycles. The highest BCUT2D eigenvalue weighted by Crippen LogP contribution is 2.29. The van der Waals surface area contributed by atoms with Gasteiger partial charge in [-0.1, -0.05) is 29.8 Å². The van der Waals surface area contributed by atoms with Crippen LogP contribution in [-0.2, 0) is 22.6 Å². The van der Waals surface area contributed by atoms with E-state index in [4.69, 9.17) is 25.8 Å². The third-order valence-electron chi connectivity index (χ3n) is 7.27. The Balaban J connectivity index is 1.38. The molecule has 8 rings (SSSR count). The lowest BCUT2D eigenvalue weighted by Gasteiger charge is -2.39. The molecule has 5 aliphatic heterocycles. The molecule has 9 nitrogen and oxygen atoms in total. The van der Waals surface area contributed by atoms with E-state index in [2.05, 4.69) is 10.6 Å². The van der Waals surface area contributed by atoms with Crippen molar-refractivity contribution >= 4 is 29.3 Å². The van der Waals surface area contributed by atoms with Crippen molar-refractivity contribution in [2.24, 2.45) is 0 Å². The van der Waals surface area contributed by atoms with Crippen molar-refractivity contribution in [1.29, 1.82) is 0 Å². The van der Waals surface area contributed by atoms with Crippen LogP contribution in [0.25, 0.3) is 0 Å². The fourth-order valence-electron chi connectivity index (χ4n) is 5.01. The molecule has 11 heteroatoms. The number of benzene rings is 3. The molecule has 0 radical (unpaired) electrons. The second-order valence-electron chi connectivity index (χ2n) is 10.2. The lowest BCUT2D eigenvalue weighted by atomic mass is 10.0. The van der Waals surface area contributed by atoms with Crippen molar-refractivity contribution in [1.82, 2.24) is 15.5 Å². The predicted octanol–water partition coefficient (Wildman–Crippen LogP) is 3.91. The van der Waals surface area contributed by atoms with Crippen LogP contribution >= 0.6 is 11.6 Å². The average Bonchev–Trinajstić information content (AvgIpc) is 2.99. The zero-order valence-corrected chi connectivity index (χ0v) is 23.8. The van der Waals surface area contributed by atoms with Gasteiger partial charge < -0.3 is 29.7 Å². The van der Waals surface area contributed by atoms with Crippen LogP contribution in [-0.4, -0.2) is 61.6 Å². The van der Waals surface area contributed by atoms with Crippen LogP contribution in [0.5, 0.6) is 17.2 Å². The molecular weight excluding hydrogens is 565 g/mol. The van der Waals surface area contributed by atoms with E-state index in [-0.39, 0.29) is 35.6 Å². The number of rotatable bonds is 2. The fraction of sp³-hybridized carbons (Fsp3) is 0.323. The van der Waals surface area contributed by atoms with Crippen molar-refractivity contribution in [3.63, 3.8) is 0 Å². The topological polar surface area (TPSA) is 106 Å². The highest BCUT2D eigenvalue weighted by Gasteiger charge is 2.35. The highest BCUT2D eigenvalue weighted by atomic mass is 35.5. The number of hydrogen-bond acceptors (Lipinski definition) is 6. The zero-order chi connectivity index (χ0) is 29.6. The van der Waals surface area contributed by atoms with Crippen LogP contribution in [0.2, 0.25) is 5.02 Å². The summed E-state index contributed by atoms with van der Waals surface area (Å²) >= 11 is 6.16. The Hall–Kier alpha value is -4.31. The van der Waals surface area contributed by atoms with E-state index in [9.17, 15) is 18.8 Å². The second-order valence-corrected chi connectivity index (χ2v) is 10.6. The smallest absolute Gasteiger partial charge is 0.258 e. The minimum atomic E-state index is -0.577. The second kappa shape index (κ2) is 13.1. The molecule has 2 atom stereocenters. The Bertz CT molecular complexity index is 1470. The molecule has 1 saturated heterocycles. The number of nitrogens with zero attached hydrogens (tertiary/aromatic N) is 1. The summed E-state index contributed by atoms with van der Waals surface area (Å²) in [5.74, 6) is 0.0281. The minimum absolute atomic E-state index is 0.0169. The Morgan fingerprint density at radius 1 is 1.02 bits per heavy atom. The number of amides is 3. The first-order chi connectivity index (χ1) is 20.3. The summed E-state index contributed by atoms with van der Waals surface area (Å²) in [4.78, 5) is 40.4. The fourth-order valence-corrected chi connectivity index (χ4v) is 5.26. The van der Waals surface area contributed by atoms with Crippen molar-refractivity contribution in [2.45, 2.75) is 38.0 Å². The highest BCUT2D eigenvalue weighted by molar-refractivity contribution is 6.33. The van der Waals surface area contributed by atoms with Gasteiger partial charge in [-0.25, -0.2) is 4.39 Å². The van der Waals surface area contributed by atoms with Crippen LogP contribution < -0.4 is 24.8 Å². The number of nitrogens with one attached hydrogen (secondary N) is 2. The number of halogens is 2. The molecule has 0 aromatic heterocycles. The molecule has 5 aliphatic rings. The first-order valence-electron chi connectivity index (χ1n) is 13.6.